The first kappa shape index (κ1) is 19.4. The first-order valence-corrected chi connectivity index (χ1v) is 7.20. The molecule has 3 rings (SSSR count). The van der Waals surface area contributed by atoms with Crippen molar-refractivity contribution in [2.75, 3.05) is 20.1 Å². The Hall–Kier alpha value is -1.63. The highest BCUT2D eigenvalue weighted by molar-refractivity contribution is 5.92. The van der Waals surface area contributed by atoms with Crippen LogP contribution in [0, 0.1) is 0 Å². The number of rotatable bonds is 3. The van der Waals surface area contributed by atoms with E-state index in [4.69, 9.17) is 0 Å². The molecule has 0 unspecified atom stereocenters. The predicted octanol–water partition coefficient (Wildman–Crippen LogP) is 1.93. The molecule has 6 nitrogen and oxygen atoms in total. The van der Waals surface area contributed by atoms with Crippen molar-refractivity contribution in [1.29, 1.82) is 0 Å². The molecule has 1 fully saturated rings. The van der Waals surface area contributed by atoms with Gasteiger partial charge < -0.3 is 10.2 Å². The van der Waals surface area contributed by atoms with Crippen molar-refractivity contribution in [1.82, 2.24) is 25.0 Å². The number of amides is 1. The molecule has 2 aromatic rings. The summed E-state index contributed by atoms with van der Waals surface area (Å²) in [5.74, 6) is 0.625. The van der Waals surface area contributed by atoms with Gasteiger partial charge in [-0.2, -0.15) is 5.10 Å². The van der Waals surface area contributed by atoms with Crippen LogP contribution < -0.4 is 5.32 Å². The minimum absolute atomic E-state index is 0. The molecule has 1 saturated heterocycles. The Morgan fingerprint density at radius 2 is 2.00 bits per heavy atom. The van der Waals surface area contributed by atoms with Crippen molar-refractivity contribution in [2.24, 2.45) is 0 Å². The summed E-state index contributed by atoms with van der Waals surface area (Å²) < 4.78 is 1.65. The lowest BCUT2D eigenvalue weighted by atomic mass is 10.1. The van der Waals surface area contributed by atoms with Crippen LogP contribution in [0.15, 0.2) is 36.7 Å². The molecule has 8 heteroatoms. The lowest BCUT2D eigenvalue weighted by molar-refractivity contribution is 0.0697. The molecule has 0 radical (unpaired) electrons. The van der Waals surface area contributed by atoms with Crippen LogP contribution in [0.3, 0.4) is 0 Å². The Kier molecular flexibility index (Phi) is 7.48. The second-order valence-electron chi connectivity index (χ2n) is 5.23. The smallest absolute Gasteiger partial charge is 0.272 e. The third-order valence-corrected chi connectivity index (χ3v) is 3.87. The number of carbonyl (C=O) groups excluding carboxylic acids is 1. The molecule has 0 bridgehead atoms. The van der Waals surface area contributed by atoms with E-state index in [9.17, 15) is 4.79 Å². The zero-order valence-electron chi connectivity index (χ0n) is 12.9. The van der Waals surface area contributed by atoms with Crippen LogP contribution in [0.1, 0.15) is 23.3 Å². The topological polar surface area (TPSA) is 63.1 Å². The summed E-state index contributed by atoms with van der Waals surface area (Å²) in [6.45, 7) is 1.92. The summed E-state index contributed by atoms with van der Waals surface area (Å²) in [7, 11) is 1.86. The first-order chi connectivity index (χ1) is 10.3. The standard InChI is InChI=1S/C15H19N5O.2ClH/c1-19(12-6-9-16-10-7-12)15(21)13-4-2-5-14(18-13)20-11-3-8-17-20;;/h2-5,8,11-12,16H,6-7,9-10H2,1H3;2*1H. The van der Waals surface area contributed by atoms with Crippen LogP contribution >= 0.6 is 24.8 Å². The maximum absolute atomic E-state index is 12.6. The van der Waals surface area contributed by atoms with E-state index in [-0.39, 0.29) is 36.8 Å². The second kappa shape index (κ2) is 8.86. The van der Waals surface area contributed by atoms with Crippen molar-refractivity contribution in [3.05, 3.63) is 42.4 Å². The van der Waals surface area contributed by atoms with Crippen LogP contribution in [0.4, 0.5) is 0 Å². The SMILES string of the molecule is CN(C(=O)c1cccc(-n2cccn2)n1)C1CCNCC1.Cl.Cl. The van der Waals surface area contributed by atoms with Crippen LogP contribution in [0.25, 0.3) is 5.82 Å². The summed E-state index contributed by atoms with van der Waals surface area (Å²) in [6, 6.07) is 7.56. The van der Waals surface area contributed by atoms with Crippen LogP contribution in [-0.4, -0.2) is 51.8 Å². The monoisotopic (exact) mass is 357 g/mol. The Balaban J connectivity index is 0.00000132. The number of carbonyl (C=O) groups is 1. The average Bonchev–Trinajstić information content (AvgIpc) is 3.09. The van der Waals surface area contributed by atoms with E-state index in [1.807, 2.05) is 36.3 Å². The van der Waals surface area contributed by atoms with E-state index in [1.54, 1.807) is 16.9 Å². The van der Waals surface area contributed by atoms with E-state index < -0.39 is 0 Å². The summed E-state index contributed by atoms with van der Waals surface area (Å²) >= 11 is 0. The number of halogens is 2. The fraction of sp³-hybridized carbons (Fsp3) is 0.400. The number of hydrogen-bond acceptors (Lipinski definition) is 4. The number of hydrogen-bond donors (Lipinski definition) is 1. The molecule has 0 atom stereocenters. The molecule has 0 spiro atoms. The van der Waals surface area contributed by atoms with Crippen LogP contribution in [-0.2, 0) is 0 Å². The summed E-state index contributed by atoms with van der Waals surface area (Å²) in [5.41, 5.74) is 0.462. The zero-order valence-corrected chi connectivity index (χ0v) is 14.5. The van der Waals surface area contributed by atoms with Gasteiger partial charge in [0.2, 0.25) is 0 Å². The molecule has 1 N–H and O–H groups in total. The molecule has 1 amide bonds. The highest BCUT2D eigenvalue weighted by atomic mass is 35.5. The van der Waals surface area contributed by atoms with E-state index >= 15 is 0 Å². The van der Waals surface area contributed by atoms with Crippen LogP contribution in [0.2, 0.25) is 0 Å². The van der Waals surface area contributed by atoms with Gasteiger partial charge in [0.15, 0.2) is 5.82 Å². The maximum atomic E-state index is 12.6. The van der Waals surface area contributed by atoms with Gasteiger partial charge in [-0.25, -0.2) is 9.67 Å². The molecule has 1 aliphatic heterocycles. The molecule has 126 valence electrons. The Bertz CT molecular complexity index is 614. The normalized spacial score (nSPS) is 14.5. The highest BCUT2D eigenvalue weighted by Crippen LogP contribution is 2.13. The fourth-order valence-corrected chi connectivity index (χ4v) is 2.61. The maximum Gasteiger partial charge on any atom is 0.272 e. The number of pyridine rings is 1. The van der Waals surface area contributed by atoms with Crippen LogP contribution in [0.5, 0.6) is 0 Å². The number of piperidine rings is 1. The molecule has 0 aromatic carbocycles. The van der Waals surface area contributed by atoms with Crippen molar-refractivity contribution in [2.45, 2.75) is 18.9 Å². The van der Waals surface area contributed by atoms with Gasteiger partial charge >= 0.3 is 0 Å². The molecular formula is C15H21Cl2N5O. The van der Waals surface area contributed by atoms with Gasteiger partial charge in [-0.3, -0.25) is 4.79 Å². The molecule has 3 heterocycles. The predicted molar refractivity (Wildman–Crippen MR) is 93.8 cm³/mol. The Morgan fingerprint density at radius 1 is 1.26 bits per heavy atom. The minimum Gasteiger partial charge on any atom is -0.337 e. The van der Waals surface area contributed by atoms with E-state index in [2.05, 4.69) is 15.4 Å². The summed E-state index contributed by atoms with van der Waals surface area (Å²) in [5, 5.41) is 7.45. The van der Waals surface area contributed by atoms with Crippen molar-refractivity contribution in [3.8, 4) is 5.82 Å². The van der Waals surface area contributed by atoms with Crippen molar-refractivity contribution >= 4 is 30.7 Å². The molecule has 23 heavy (non-hydrogen) atoms. The Labute approximate surface area is 148 Å². The third kappa shape index (κ3) is 4.43. The molecule has 0 saturated carbocycles. The van der Waals surface area contributed by atoms with Crippen molar-refractivity contribution in [3.63, 3.8) is 0 Å². The van der Waals surface area contributed by atoms with Gasteiger partial charge in [-0.05, 0) is 44.1 Å². The van der Waals surface area contributed by atoms with Gasteiger partial charge in [0.1, 0.15) is 5.69 Å². The molecular weight excluding hydrogens is 337 g/mol. The van der Waals surface area contributed by atoms with E-state index in [0.717, 1.165) is 25.9 Å². The average molecular weight is 358 g/mol. The quantitative estimate of drug-likeness (QED) is 0.911. The fourth-order valence-electron chi connectivity index (χ4n) is 2.61. The minimum atomic E-state index is -0.0316. The largest absolute Gasteiger partial charge is 0.337 e. The lowest BCUT2D eigenvalue weighted by Gasteiger charge is -2.31. The highest BCUT2D eigenvalue weighted by Gasteiger charge is 2.23. The van der Waals surface area contributed by atoms with Gasteiger partial charge in [0, 0.05) is 25.5 Å². The second-order valence-corrected chi connectivity index (χ2v) is 5.23. The molecule has 1 aliphatic rings. The lowest BCUT2D eigenvalue weighted by Crippen LogP contribution is -2.44. The van der Waals surface area contributed by atoms with Crippen molar-refractivity contribution < 1.29 is 4.79 Å². The van der Waals surface area contributed by atoms with Gasteiger partial charge in [-0.1, -0.05) is 6.07 Å². The third-order valence-electron chi connectivity index (χ3n) is 3.87. The van der Waals surface area contributed by atoms with Gasteiger partial charge in [0.25, 0.3) is 5.91 Å². The molecule has 2 aromatic heterocycles. The Morgan fingerprint density at radius 3 is 2.65 bits per heavy atom. The van der Waals surface area contributed by atoms with Gasteiger partial charge in [-0.15, -0.1) is 24.8 Å². The van der Waals surface area contributed by atoms with E-state index in [1.165, 1.54) is 0 Å². The number of nitrogens with one attached hydrogen (secondary N) is 1. The zero-order chi connectivity index (χ0) is 14.7. The number of aromatic nitrogens is 3. The summed E-state index contributed by atoms with van der Waals surface area (Å²) in [4.78, 5) is 18.8. The first-order valence-electron chi connectivity index (χ1n) is 7.20. The molecule has 0 aliphatic carbocycles. The summed E-state index contributed by atoms with van der Waals surface area (Å²) in [6.07, 6.45) is 5.48. The number of nitrogens with zero attached hydrogens (tertiary/aromatic N) is 4. The van der Waals surface area contributed by atoms with E-state index in [0.29, 0.717) is 11.5 Å². The van der Waals surface area contributed by atoms with Gasteiger partial charge in [0.05, 0.1) is 0 Å².